The molecule has 142 valence electrons. The summed E-state index contributed by atoms with van der Waals surface area (Å²) >= 11 is 0. The number of hydrogen-bond acceptors (Lipinski definition) is 4. The van der Waals surface area contributed by atoms with Gasteiger partial charge in [0, 0.05) is 31.6 Å². The van der Waals surface area contributed by atoms with E-state index in [1.54, 1.807) is 18.2 Å². The minimum atomic E-state index is -0.295. The summed E-state index contributed by atoms with van der Waals surface area (Å²) in [7, 11) is 1.62. The number of methoxy groups -OCH3 is 1. The zero-order chi connectivity index (χ0) is 19.2. The summed E-state index contributed by atoms with van der Waals surface area (Å²) in [5, 5.41) is 2.98. The van der Waals surface area contributed by atoms with Crippen molar-refractivity contribution in [1.29, 1.82) is 0 Å². The standard InChI is InChI=1S/C21H25N3O3/c1-3-20(25)24-13-18(15-7-6-9-17(11-15)27-2)19(14-24)21(26)23-12-16-8-4-5-10-22-16/h4-11,18-19H,3,12-14H2,1-2H3,(H,23,26)/t18-,19+/m0/s1. The molecule has 2 heterocycles. The molecule has 0 aliphatic carbocycles. The Hall–Kier alpha value is -2.89. The number of ether oxygens (including phenoxy) is 1. The summed E-state index contributed by atoms with van der Waals surface area (Å²) in [6.07, 6.45) is 2.14. The summed E-state index contributed by atoms with van der Waals surface area (Å²) in [5.41, 5.74) is 1.82. The molecule has 1 aliphatic rings. The van der Waals surface area contributed by atoms with Crippen molar-refractivity contribution in [2.45, 2.75) is 25.8 Å². The van der Waals surface area contributed by atoms with Gasteiger partial charge in [0.25, 0.3) is 0 Å². The van der Waals surface area contributed by atoms with E-state index >= 15 is 0 Å². The lowest BCUT2D eigenvalue weighted by molar-refractivity contribution is -0.130. The van der Waals surface area contributed by atoms with E-state index in [4.69, 9.17) is 4.74 Å². The topological polar surface area (TPSA) is 71.5 Å². The van der Waals surface area contributed by atoms with Gasteiger partial charge in [0.05, 0.1) is 25.3 Å². The summed E-state index contributed by atoms with van der Waals surface area (Å²) in [6.45, 7) is 3.20. The second-order valence-corrected chi connectivity index (χ2v) is 6.68. The number of nitrogens with one attached hydrogen (secondary N) is 1. The average Bonchev–Trinajstić information content (AvgIpc) is 3.18. The maximum absolute atomic E-state index is 12.9. The second-order valence-electron chi connectivity index (χ2n) is 6.68. The third-order valence-electron chi connectivity index (χ3n) is 5.00. The number of rotatable bonds is 6. The molecule has 0 spiro atoms. The maximum Gasteiger partial charge on any atom is 0.225 e. The number of carbonyl (C=O) groups is 2. The predicted molar refractivity (Wildman–Crippen MR) is 102 cm³/mol. The molecule has 2 atom stereocenters. The van der Waals surface area contributed by atoms with Crippen LogP contribution < -0.4 is 10.1 Å². The van der Waals surface area contributed by atoms with Crippen LogP contribution in [0.5, 0.6) is 5.75 Å². The molecule has 3 rings (SSSR count). The van der Waals surface area contributed by atoms with Gasteiger partial charge in [-0.2, -0.15) is 0 Å². The smallest absolute Gasteiger partial charge is 0.225 e. The molecule has 6 heteroatoms. The molecule has 0 saturated carbocycles. The molecule has 6 nitrogen and oxygen atoms in total. The van der Waals surface area contributed by atoms with Crippen LogP contribution in [-0.4, -0.2) is 41.9 Å². The Morgan fingerprint density at radius 2 is 2.07 bits per heavy atom. The molecule has 1 saturated heterocycles. The van der Waals surface area contributed by atoms with Crippen LogP contribution in [0.2, 0.25) is 0 Å². The van der Waals surface area contributed by atoms with Gasteiger partial charge >= 0.3 is 0 Å². The lowest BCUT2D eigenvalue weighted by atomic mass is 9.88. The van der Waals surface area contributed by atoms with Gasteiger partial charge < -0.3 is 15.0 Å². The van der Waals surface area contributed by atoms with E-state index in [2.05, 4.69) is 10.3 Å². The Labute approximate surface area is 159 Å². The zero-order valence-corrected chi connectivity index (χ0v) is 15.7. The van der Waals surface area contributed by atoms with Crippen LogP contribution in [0.25, 0.3) is 0 Å². The molecule has 1 aromatic carbocycles. The van der Waals surface area contributed by atoms with Gasteiger partial charge in [-0.1, -0.05) is 25.1 Å². The van der Waals surface area contributed by atoms with Gasteiger partial charge in [0.1, 0.15) is 5.75 Å². The van der Waals surface area contributed by atoms with Crippen molar-refractivity contribution < 1.29 is 14.3 Å². The summed E-state index contributed by atoms with van der Waals surface area (Å²) in [4.78, 5) is 31.2. The minimum absolute atomic E-state index is 0.0557. The van der Waals surface area contributed by atoms with Gasteiger partial charge in [0.15, 0.2) is 0 Å². The van der Waals surface area contributed by atoms with Gasteiger partial charge in [-0.15, -0.1) is 0 Å². The first kappa shape index (κ1) is 18.9. The van der Waals surface area contributed by atoms with Gasteiger partial charge in [-0.25, -0.2) is 0 Å². The molecule has 0 unspecified atom stereocenters. The Morgan fingerprint density at radius 1 is 1.22 bits per heavy atom. The van der Waals surface area contributed by atoms with E-state index in [-0.39, 0.29) is 23.7 Å². The number of amides is 2. The lowest BCUT2D eigenvalue weighted by Gasteiger charge is -2.18. The van der Waals surface area contributed by atoms with Crippen LogP contribution in [0.1, 0.15) is 30.5 Å². The van der Waals surface area contributed by atoms with Crippen molar-refractivity contribution >= 4 is 11.8 Å². The Balaban J connectivity index is 1.78. The highest BCUT2D eigenvalue weighted by molar-refractivity contribution is 5.83. The Bertz CT molecular complexity index is 794. The Kier molecular flexibility index (Phi) is 6.06. The number of pyridine rings is 1. The van der Waals surface area contributed by atoms with Crippen LogP contribution in [-0.2, 0) is 16.1 Å². The summed E-state index contributed by atoms with van der Waals surface area (Å²) in [5.74, 6) is 0.416. The van der Waals surface area contributed by atoms with Crippen LogP contribution in [0.3, 0.4) is 0 Å². The summed E-state index contributed by atoms with van der Waals surface area (Å²) in [6, 6.07) is 13.3. The first-order chi connectivity index (χ1) is 13.1. The van der Waals surface area contributed by atoms with Crippen LogP contribution in [0.15, 0.2) is 48.7 Å². The number of nitrogens with zero attached hydrogens (tertiary/aromatic N) is 2. The van der Waals surface area contributed by atoms with E-state index in [1.807, 2.05) is 49.4 Å². The van der Waals surface area contributed by atoms with Crippen molar-refractivity contribution in [1.82, 2.24) is 15.2 Å². The number of aromatic nitrogens is 1. The number of likely N-dealkylation sites (tertiary alicyclic amines) is 1. The molecule has 1 fully saturated rings. The third-order valence-corrected chi connectivity index (χ3v) is 5.00. The van der Waals surface area contributed by atoms with Crippen molar-refractivity contribution in [3.05, 3.63) is 59.9 Å². The number of hydrogen-bond donors (Lipinski definition) is 1. The number of benzene rings is 1. The highest BCUT2D eigenvalue weighted by Gasteiger charge is 2.40. The fourth-order valence-corrected chi connectivity index (χ4v) is 3.52. The normalized spacial score (nSPS) is 19.0. The molecule has 2 aromatic rings. The molecule has 1 N–H and O–H groups in total. The molecular formula is C21H25N3O3. The molecule has 27 heavy (non-hydrogen) atoms. The van der Waals surface area contributed by atoms with E-state index in [0.717, 1.165) is 17.0 Å². The lowest BCUT2D eigenvalue weighted by Crippen LogP contribution is -2.35. The monoisotopic (exact) mass is 367 g/mol. The minimum Gasteiger partial charge on any atom is -0.497 e. The maximum atomic E-state index is 12.9. The fourth-order valence-electron chi connectivity index (χ4n) is 3.52. The SMILES string of the molecule is CCC(=O)N1C[C@@H](C(=O)NCc2ccccn2)[C@H](c2cccc(OC)c2)C1. The second kappa shape index (κ2) is 8.66. The highest BCUT2D eigenvalue weighted by Crippen LogP contribution is 2.34. The molecular weight excluding hydrogens is 342 g/mol. The quantitative estimate of drug-likeness (QED) is 0.851. The van der Waals surface area contributed by atoms with E-state index in [9.17, 15) is 9.59 Å². The van der Waals surface area contributed by atoms with E-state index in [1.165, 1.54) is 0 Å². The largest absolute Gasteiger partial charge is 0.497 e. The predicted octanol–water partition coefficient (Wildman–Crippen LogP) is 2.36. The molecule has 0 radical (unpaired) electrons. The highest BCUT2D eigenvalue weighted by atomic mass is 16.5. The molecule has 1 aliphatic heterocycles. The average molecular weight is 367 g/mol. The zero-order valence-electron chi connectivity index (χ0n) is 15.7. The van der Waals surface area contributed by atoms with Crippen molar-refractivity contribution in [3.63, 3.8) is 0 Å². The van der Waals surface area contributed by atoms with Gasteiger partial charge in [-0.05, 0) is 29.8 Å². The first-order valence-corrected chi connectivity index (χ1v) is 9.21. The van der Waals surface area contributed by atoms with Crippen LogP contribution in [0.4, 0.5) is 0 Å². The fraction of sp³-hybridized carbons (Fsp3) is 0.381. The van der Waals surface area contributed by atoms with Crippen molar-refractivity contribution in [2.75, 3.05) is 20.2 Å². The van der Waals surface area contributed by atoms with E-state index in [0.29, 0.717) is 26.1 Å². The Morgan fingerprint density at radius 3 is 2.78 bits per heavy atom. The van der Waals surface area contributed by atoms with Crippen molar-refractivity contribution in [2.24, 2.45) is 5.92 Å². The first-order valence-electron chi connectivity index (χ1n) is 9.21. The summed E-state index contributed by atoms with van der Waals surface area (Å²) < 4.78 is 5.32. The number of carbonyl (C=O) groups excluding carboxylic acids is 2. The van der Waals surface area contributed by atoms with Crippen LogP contribution in [0, 0.1) is 5.92 Å². The molecule has 2 amide bonds. The van der Waals surface area contributed by atoms with Crippen molar-refractivity contribution in [3.8, 4) is 5.75 Å². The van der Waals surface area contributed by atoms with Gasteiger partial charge in [0.2, 0.25) is 11.8 Å². The molecule has 1 aromatic heterocycles. The van der Waals surface area contributed by atoms with E-state index < -0.39 is 0 Å². The van der Waals surface area contributed by atoms with Gasteiger partial charge in [-0.3, -0.25) is 14.6 Å². The molecule has 0 bridgehead atoms. The third kappa shape index (κ3) is 4.45. The van der Waals surface area contributed by atoms with Crippen LogP contribution >= 0.6 is 0 Å².